The summed E-state index contributed by atoms with van der Waals surface area (Å²) in [6, 6.07) is 8.56. The Morgan fingerprint density at radius 3 is 2.44 bits per heavy atom. The molecular weight excluding hydrogens is 412 g/mol. The first-order valence-corrected chi connectivity index (χ1v) is 10.6. The second-order valence-corrected chi connectivity index (χ2v) is 8.18. The molecule has 0 unspecified atom stereocenters. The summed E-state index contributed by atoms with van der Waals surface area (Å²) < 4.78 is 6.31. The first-order valence-electron chi connectivity index (χ1n) is 10.6. The molecule has 168 valence electrons. The van der Waals surface area contributed by atoms with Gasteiger partial charge in [0.05, 0.1) is 18.0 Å². The van der Waals surface area contributed by atoms with Crippen molar-refractivity contribution in [2.24, 2.45) is 0 Å². The van der Waals surface area contributed by atoms with Crippen LogP contribution in [0.25, 0.3) is 10.8 Å². The van der Waals surface area contributed by atoms with Crippen molar-refractivity contribution in [1.29, 1.82) is 0 Å². The van der Waals surface area contributed by atoms with Crippen molar-refractivity contribution in [1.82, 2.24) is 24.7 Å². The van der Waals surface area contributed by atoms with Gasteiger partial charge < -0.3 is 14.7 Å². The number of nitrogens with one attached hydrogen (secondary N) is 1. The second-order valence-electron chi connectivity index (χ2n) is 8.18. The molecule has 1 aromatic carbocycles. The minimum absolute atomic E-state index is 0.164. The number of benzene rings is 1. The number of nitrogens with zero attached hydrogens (tertiary/aromatic N) is 5. The van der Waals surface area contributed by atoms with Crippen LogP contribution in [0.1, 0.15) is 36.1 Å². The largest absolute Gasteiger partial charge is 0.360 e. The highest BCUT2D eigenvalue weighted by molar-refractivity contribution is 6.04. The summed E-state index contributed by atoms with van der Waals surface area (Å²) in [6.07, 6.45) is 0. The van der Waals surface area contributed by atoms with E-state index in [-0.39, 0.29) is 35.7 Å². The molecule has 10 heteroatoms. The molecule has 1 aliphatic heterocycles. The monoisotopic (exact) mass is 438 g/mol. The zero-order valence-electron chi connectivity index (χ0n) is 18.4. The van der Waals surface area contributed by atoms with Crippen LogP contribution in [0, 0.1) is 6.92 Å². The average Bonchev–Trinajstić information content (AvgIpc) is 3.18. The Kier molecular flexibility index (Phi) is 6.04. The quantitative estimate of drug-likeness (QED) is 0.645. The Morgan fingerprint density at radius 1 is 1.12 bits per heavy atom. The summed E-state index contributed by atoms with van der Waals surface area (Å²) in [5.74, 6) is 0.615. The molecule has 1 saturated heterocycles. The van der Waals surface area contributed by atoms with Crippen molar-refractivity contribution >= 4 is 28.4 Å². The van der Waals surface area contributed by atoms with Gasteiger partial charge in [0.2, 0.25) is 5.91 Å². The Morgan fingerprint density at radius 2 is 1.81 bits per heavy atom. The molecule has 2 aromatic heterocycles. The van der Waals surface area contributed by atoms with Gasteiger partial charge in [-0.15, -0.1) is 0 Å². The predicted molar refractivity (Wildman–Crippen MR) is 119 cm³/mol. The zero-order valence-corrected chi connectivity index (χ0v) is 18.4. The van der Waals surface area contributed by atoms with Gasteiger partial charge in [-0.05, 0) is 26.8 Å². The second kappa shape index (κ2) is 8.91. The molecule has 0 radical (unpaired) electrons. The van der Waals surface area contributed by atoms with Crippen LogP contribution in [0.4, 0.5) is 5.82 Å². The van der Waals surface area contributed by atoms with Gasteiger partial charge in [0.25, 0.3) is 11.5 Å². The van der Waals surface area contributed by atoms with Crippen LogP contribution in [-0.2, 0) is 4.79 Å². The highest BCUT2D eigenvalue weighted by Gasteiger charge is 2.27. The van der Waals surface area contributed by atoms with E-state index in [0.29, 0.717) is 48.5 Å². The van der Waals surface area contributed by atoms with Gasteiger partial charge in [0.15, 0.2) is 11.5 Å². The fourth-order valence-electron chi connectivity index (χ4n) is 3.78. The maximum atomic E-state index is 13.3. The Labute approximate surface area is 184 Å². The van der Waals surface area contributed by atoms with E-state index in [1.54, 1.807) is 42.2 Å². The lowest BCUT2D eigenvalue weighted by Crippen LogP contribution is -2.50. The van der Waals surface area contributed by atoms with Crippen LogP contribution in [0.5, 0.6) is 0 Å². The normalized spacial score (nSPS) is 14.8. The standard InChI is InChI=1S/C22H26N6O4/c1-14(2)28-21(30)17-7-5-4-6-16(17)20(24-28)22(31)27-10-8-26(9-11-27)13-19(29)23-18-12-15(3)32-25-18/h4-7,12,14H,8-11,13H2,1-3H3,(H,23,25,29). The smallest absolute Gasteiger partial charge is 0.275 e. The molecule has 1 aliphatic rings. The molecule has 0 aliphatic carbocycles. The molecule has 10 nitrogen and oxygen atoms in total. The number of carbonyl (C=O) groups excluding carboxylic acids is 2. The molecule has 3 heterocycles. The number of aromatic nitrogens is 3. The van der Waals surface area contributed by atoms with Crippen molar-refractivity contribution in [2.45, 2.75) is 26.8 Å². The SMILES string of the molecule is Cc1cc(NC(=O)CN2CCN(C(=O)c3nn(C(C)C)c(=O)c4ccccc34)CC2)no1. The van der Waals surface area contributed by atoms with E-state index in [2.05, 4.69) is 15.6 Å². The third-order valence-corrected chi connectivity index (χ3v) is 5.44. The van der Waals surface area contributed by atoms with Gasteiger partial charge in [0, 0.05) is 37.6 Å². The number of fused-ring (bicyclic) bond motifs is 1. The number of hydrogen-bond acceptors (Lipinski definition) is 7. The molecule has 0 saturated carbocycles. The van der Waals surface area contributed by atoms with Crippen LogP contribution >= 0.6 is 0 Å². The average molecular weight is 438 g/mol. The summed E-state index contributed by atoms with van der Waals surface area (Å²) in [6.45, 7) is 7.72. The first kappa shape index (κ1) is 21.7. The van der Waals surface area contributed by atoms with Crippen LogP contribution in [0.2, 0.25) is 0 Å². The minimum Gasteiger partial charge on any atom is -0.360 e. The fourth-order valence-corrected chi connectivity index (χ4v) is 3.78. The lowest BCUT2D eigenvalue weighted by atomic mass is 10.1. The molecule has 2 amide bonds. The molecular formula is C22H26N6O4. The Balaban J connectivity index is 1.44. The number of amides is 2. The molecule has 4 rings (SSSR count). The Hall–Kier alpha value is -3.53. The zero-order chi connectivity index (χ0) is 22.8. The summed E-state index contributed by atoms with van der Waals surface area (Å²) >= 11 is 0. The molecule has 0 spiro atoms. The summed E-state index contributed by atoms with van der Waals surface area (Å²) in [4.78, 5) is 42.0. The molecule has 1 fully saturated rings. The number of rotatable bonds is 5. The molecule has 0 bridgehead atoms. The third-order valence-electron chi connectivity index (χ3n) is 5.44. The van der Waals surface area contributed by atoms with Crippen LogP contribution < -0.4 is 10.9 Å². The summed E-state index contributed by atoms with van der Waals surface area (Å²) in [7, 11) is 0. The van der Waals surface area contributed by atoms with Gasteiger partial charge in [-0.3, -0.25) is 19.3 Å². The maximum Gasteiger partial charge on any atom is 0.275 e. The van der Waals surface area contributed by atoms with Crippen molar-refractivity contribution in [3.05, 3.63) is 52.1 Å². The van der Waals surface area contributed by atoms with Crippen molar-refractivity contribution in [2.75, 3.05) is 38.0 Å². The predicted octanol–water partition coefficient (Wildman–Crippen LogP) is 1.67. The molecule has 1 N–H and O–H groups in total. The highest BCUT2D eigenvalue weighted by atomic mass is 16.5. The number of hydrogen-bond donors (Lipinski definition) is 1. The lowest BCUT2D eigenvalue weighted by molar-refractivity contribution is -0.117. The van der Waals surface area contributed by atoms with E-state index in [1.165, 1.54) is 4.68 Å². The van der Waals surface area contributed by atoms with Gasteiger partial charge in [-0.1, -0.05) is 23.4 Å². The van der Waals surface area contributed by atoms with Gasteiger partial charge in [0.1, 0.15) is 5.76 Å². The van der Waals surface area contributed by atoms with E-state index >= 15 is 0 Å². The van der Waals surface area contributed by atoms with Gasteiger partial charge in [-0.25, -0.2) is 4.68 Å². The van der Waals surface area contributed by atoms with E-state index in [4.69, 9.17) is 4.52 Å². The maximum absolute atomic E-state index is 13.3. The van der Waals surface area contributed by atoms with Crippen LogP contribution in [0.3, 0.4) is 0 Å². The topological polar surface area (TPSA) is 114 Å². The molecule has 3 aromatic rings. The summed E-state index contributed by atoms with van der Waals surface area (Å²) in [5, 5.41) is 11.9. The van der Waals surface area contributed by atoms with Gasteiger partial charge in [-0.2, -0.15) is 5.10 Å². The van der Waals surface area contributed by atoms with Crippen LogP contribution in [-0.4, -0.2) is 69.3 Å². The highest BCUT2D eigenvalue weighted by Crippen LogP contribution is 2.18. The fraction of sp³-hybridized carbons (Fsp3) is 0.409. The molecule has 32 heavy (non-hydrogen) atoms. The summed E-state index contributed by atoms with van der Waals surface area (Å²) in [5.41, 5.74) is 0.0757. The number of piperazine rings is 1. The molecule has 0 atom stereocenters. The number of aryl methyl sites for hydroxylation is 1. The van der Waals surface area contributed by atoms with Crippen LogP contribution in [0.15, 0.2) is 39.6 Å². The van der Waals surface area contributed by atoms with Crippen molar-refractivity contribution < 1.29 is 14.1 Å². The minimum atomic E-state index is -0.210. The lowest BCUT2D eigenvalue weighted by Gasteiger charge is -2.34. The Bertz CT molecular complexity index is 1210. The van der Waals surface area contributed by atoms with E-state index in [1.807, 2.05) is 18.7 Å². The van der Waals surface area contributed by atoms with Crippen molar-refractivity contribution in [3.63, 3.8) is 0 Å². The van der Waals surface area contributed by atoms with E-state index in [9.17, 15) is 14.4 Å². The van der Waals surface area contributed by atoms with Gasteiger partial charge >= 0.3 is 0 Å². The number of anilines is 1. The first-order chi connectivity index (χ1) is 15.3. The number of carbonyl (C=O) groups is 2. The van der Waals surface area contributed by atoms with Crippen molar-refractivity contribution in [3.8, 4) is 0 Å². The van der Waals surface area contributed by atoms with E-state index in [0.717, 1.165) is 0 Å². The van der Waals surface area contributed by atoms with E-state index < -0.39 is 0 Å². The third kappa shape index (κ3) is 4.40.